The molecule has 1 aliphatic heterocycles. The minimum absolute atomic E-state index is 0.171. The molecule has 0 spiro atoms. The molecule has 0 saturated carbocycles. The molecule has 1 fully saturated rings. The molecule has 0 radical (unpaired) electrons. The molecule has 0 unspecified atom stereocenters. The molecule has 0 bridgehead atoms. The highest BCUT2D eigenvalue weighted by atomic mass is 32.2. The van der Waals surface area contributed by atoms with Crippen molar-refractivity contribution in [1.29, 1.82) is 0 Å². The second-order valence-electron chi connectivity index (χ2n) is 7.05. The molecule has 2 aromatic carbocycles. The highest BCUT2D eigenvalue weighted by Gasteiger charge is 2.26. The number of halogens is 2. The Morgan fingerprint density at radius 3 is 2.40 bits per heavy atom. The fourth-order valence-electron chi connectivity index (χ4n) is 3.46. The van der Waals surface area contributed by atoms with Gasteiger partial charge in [-0.2, -0.15) is 0 Å². The fourth-order valence-corrected chi connectivity index (χ4v) is 4.11. The van der Waals surface area contributed by atoms with E-state index in [1.807, 2.05) is 4.90 Å². The fraction of sp³-hybridized carbons (Fsp3) is 0.250. The highest BCUT2D eigenvalue weighted by Crippen LogP contribution is 2.27. The zero-order valence-electron chi connectivity index (χ0n) is 16.0. The molecule has 0 atom stereocenters. The van der Waals surface area contributed by atoms with Crippen LogP contribution in [-0.2, 0) is 9.84 Å². The van der Waals surface area contributed by atoms with Crippen molar-refractivity contribution in [2.45, 2.75) is 4.90 Å². The standard InChI is InChI=1S/C20H18F2N4O3S/c1-30(28,29)14-3-5-18-16(11-14)19(24-12-23-18)25-6-8-26(9-7-25)20(27)15-4-2-13(21)10-17(15)22/h2-5,10-12H,6-9H2,1H3. The van der Waals surface area contributed by atoms with Gasteiger partial charge in [-0.3, -0.25) is 4.79 Å². The Hall–Kier alpha value is -3.14. The maximum Gasteiger partial charge on any atom is 0.256 e. The van der Waals surface area contributed by atoms with Crippen molar-refractivity contribution in [2.24, 2.45) is 0 Å². The summed E-state index contributed by atoms with van der Waals surface area (Å²) in [5.74, 6) is -1.56. The Bertz CT molecular complexity index is 1240. The second-order valence-corrected chi connectivity index (χ2v) is 9.07. The molecular weight excluding hydrogens is 414 g/mol. The van der Waals surface area contributed by atoms with Gasteiger partial charge in [0.2, 0.25) is 0 Å². The SMILES string of the molecule is CS(=O)(=O)c1ccc2ncnc(N3CCN(C(=O)c4ccc(F)cc4F)CC3)c2c1. The van der Waals surface area contributed by atoms with Gasteiger partial charge in [0.25, 0.3) is 5.91 Å². The van der Waals surface area contributed by atoms with Gasteiger partial charge in [-0.25, -0.2) is 27.2 Å². The molecule has 4 rings (SSSR count). The van der Waals surface area contributed by atoms with Crippen LogP contribution in [0.25, 0.3) is 10.9 Å². The minimum Gasteiger partial charge on any atom is -0.352 e. The van der Waals surface area contributed by atoms with Crippen LogP contribution >= 0.6 is 0 Å². The summed E-state index contributed by atoms with van der Waals surface area (Å²) < 4.78 is 50.9. The number of carbonyl (C=O) groups excluding carboxylic acids is 1. The summed E-state index contributed by atoms with van der Waals surface area (Å²) in [6, 6.07) is 7.57. The van der Waals surface area contributed by atoms with Crippen molar-refractivity contribution < 1.29 is 22.0 Å². The lowest BCUT2D eigenvalue weighted by molar-refractivity contribution is 0.0742. The van der Waals surface area contributed by atoms with Crippen LogP contribution in [0.3, 0.4) is 0 Å². The Labute approximate surface area is 171 Å². The van der Waals surface area contributed by atoms with Crippen LogP contribution in [0.4, 0.5) is 14.6 Å². The van der Waals surface area contributed by atoms with Crippen LogP contribution in [0.5, 0.6) is 0 Å². The first-order valence-corrected chi connectivity index (χ1v) is 11.1. The third kappa shape index (κ3) is 3.82. The van der Waals surface area contributed by atoms with Gasteiger partial charge in [0, 0.05) is 43.9 Å². The number of amides is 1. The third-order valence-electron chi connectivity index (χ3n) is 5.04. The number of hydrogen-bond donors (Lipinski definition) is 0. The number of sulfone groups is 1. The highest BCUT2D eigenvalue weighted by molar-refractivity contribution is 7.90. The first-order valence-electron chi connectivity index (χ1n) is 9.18. The smallest absolute Gasteiger partial charge is 0.256 e. The molecule has 0 N–H and O–H groups in total. The van der Waals surface area contributed by atoms with E-state index in [9.17, 15) is 22.0 Å². The number of anilines is 1. The Morgan fingerprint density at radius 2 is 1.73 bits per heavy atom. The molecule has 7 nitrogen and oxygen atoms in total. The average molecular weight is 432 g/mol. The van der Waals surface area contributed by atoms with E-state index >= 15 is 0 Å². The lowest BCUT2D eigenvalue weighted by atomic mass is 10.1. The van der Waals surface area contributed by atoms with Gasteiger partial charge >= 0.3 is 0 Å². The third-order valence-corrected chi connectivity index (χ3v) is 6.15. The molecule has 1 amide bonds. The van der Waals surface area contributed by atoms with Crippen molar-refractivity contribution in [2.75, 3.05) is 37.3 Å². The number of aromatic nitrogens is 2. The van der Waals surface area contributed by atoms with Gasteiger partial charge in [0.05, 0.1) is 16.0 Å². The molecule has 0 aliphatic carbocycles. The second kappa shape index (κ2) is 7.60. The normalized spacial score (nSPS) is 14.9. The van der Waals surface area contributed by atoms with Crippen LogP contribution in [0.1, 0.15) is 10.4 Å². The minimum atomic E-state index is -3.39. The monoisotopic (exact) mass is 432 g/mol. The summed E-state index contributed by atoms with van der Waals surface area (Å²) in [7, 11) is -3.39. The number of nitrogens with zero attached hydrogens (tertiary/aromatic N) is 4. The molecule has 1 aliphatic rings. The van der Waals surface area contributed by atoms with E-state index in [0.29, 0.717) is 49.0 Å². The van der Waals surface area contributed by atoms with Gasteiger partial charge in [-0.1, -0.05) is 0 Å². The zero-order chi connectivity index (χ0) is 21.5. The predicted octanol–water partition coefficient (Wildman–Crippen LogP) is 2.27. The number of hydrogen-bond acceptors (Lipinski definition) is 6. The maximum atomic E-state index is 13.9. The van der Waals surface area contributed by atoms with Gasteiger partial charge in [-0.15, -0.1) is 0 Å². The number of piperazine rings is 1. The van der Waals surface area contributed by atoms with Crippen LogP contribution in [-0.4, -0.2) is 61.6 Å². The van der Waals surface area contributed by atoms with E-state index in [1.165, 1.54) is 17.3 Å². The first kappa shape index (κ1) is 20.1. The average Bonchev–Trinajstić information content (AvgIpc) is 2.72. The Balaban J connectivity index is 1.57. The van der Waals surface area contributed by atoms with E-state index in [1.54, 1.807) is 12.1 Å². The summed E-state index contributed by atoms with van der Waals surface area (Å²) in [6.07, 6.45) is 2.54. The number of fused-ring (bicyclic) bond motifs is 1. The van der Waals surface area contributed by atoms with Crippen LogP contribution < -0.4 is 4.90 Å². The van der Waals surface area contributed by atoms with Crippen molar-refractivity contribution >= 4 is 32.5 Å². The van der Waals surface area contributed by atoms with E-state index in [4.69, 9.17) is 0 Å². The molecule has 10 heteroatoms. The van der Waals surface area contributed by atoms with Crippen LogP contribution in [0, 0.1) is 11.6 Å². The van der Waals surface area contributed by atoms with Crippen molar-refractivity contribution in [3.63, 3.8) is 0 Å². The van der Waals surface area contributed by atoms with E-state index in [2.05, 4.69) is 9.97 Å². The summed E-state index contributed by atoms with van der Waals surface area (Å²) in [5, 5.41) is 0.602. The summed E-state index contributed by atoms with van der Waals surface area (Å²) in [4.78, 5) is 24.7. The zero-order valence-corrected chi connectivity index (χ0v) is 16.9. The lowest BCUT2D eigenvalue weighted by Crippen LogP contribution is -2.49. The quantitative estimate of drug-likeness (QED) is 0.632. The molecule has 3 aromatic rings. The summed E-state index contributed by atoms with van der Waals surface area (Å²) in [5.41, 5.74) is 0.439. The van der Waals surface area contributed by atoms with Crippen LogP contribution in [0.2, 0.25) is 0 Å². The maximum absolute atomic E-state index is 13.9. The first-order chi connectivity index (χ1) is 14.2. The predicted molar refractivity (Wildman–Crippen MR) is 107 cm³/mol. The number of rotatable bonds is 3. The summed E-state index contributed by atoms with van der Waals surface area (Å²) >= 11 is 0. The molecule has 156 valence electrons. The largest absolute Gasteiger partial charge is 0.352 e. The molecule has 1 aromatic heterocycles. The van der Waals surface area contributed by atoms with Crippen molar-refractivity contribution in [3.05, 3.63) is 59.9 Å². The molecular formula is C20H18F2N4O3S. The van der Waals surface area contributed by atoms with E-state index < -0.39 is 27.4 Å². The van der Waals surface area contributed by atoms with Gasteiger partial charge < -0.3 is 9.80 Å². The molecule has 30 heavy (non-hydrogen) atoms. The molecule has 1 saturated heterocycles. The summed E-state index contributed by atoms with van der Waals surface area (Å²) in [6.45, 7) is 1.47. The van der Waals surface area contributed by atoms with E-state index in [0.717, 1.165) is 18.4 Å². The number of benzene rings is 2. The van der Waals surface area contributed by atoms with E-state index in [-0.39, 0.29) is 10.5 Å². The Kier molecular flexibility index (Phi) is 5.10. The van der Waals surface area contributed by atoms with Crippen molar-refractivity contribution in [1.82, 2.24) is 14.9 Å². The van der Waals surface area contributed by atoms with Crippen molar-refractivity contribution in [3.8, 4) is 0 Å². The number of carbonyl (C=O) groups is 1. The molecule has 2 heterocycles. The lowest BCUT2D eigenvalue weighted by Gasteiger charge is -2.35. The topological polar surface area (TPSA) is 83.5 Å². The van der Waals surface area contributed by atoms with Gasteiger partial charge in [0.15, 0.2) is 9.84 Å². The Morgan fingerprint density at radius 1 is 1.00 bits per heavy atom. The van der Waals surface area contributed by atoms with Gasteiger partial charge in [-0.05, 0) is 30.3 Å². The van der Waals surface area contributed by atoms with Gasteiger partial charge in [0.1, 0.15) is 23.8 Å². The van der Waals surface area contributed by atoms with Crippen LogP contribution in [0.15, 0.2) is 47.6 Å².